The van der Waals surface area contributed by atoms with Gasteiger partial charge in [-0.05, 0) is 67.9 Å². The molecular weight excluding hydrogens is 455 g/mol. The standard InChI is InChI=1S/C29H39FN4O2/c1-20(2)17-33(18-21-6-4-3-5-7-21)26-16-27(28(35)32-25-14-12-24(31)13-15-25)34(19-26)29(36)22-8-10-23(30)11-9-22/h3-11,20,24-27H,12-19,31H2,1-2H3,(H,32,35). The van der Waals surface area contributed by atoms with Crippen molar-refractivity contribution in [2.75, 3.05) is 13.1 Å². The maximum Gasteiger partial charge on any atom is 0.254 e. The van der Waals surface area contributed by atoms with Crippen molar-refractivity contribution in [3.8, 4) is 0 Å². The average molecular weight is 495 g/mol. The fourth-order valence-electron chi connectivity index (χ4n) is 5.50. The van der Waals surface area contributed by atoms with Crippen molar-refractivity contribution in [1.29, 1.82) is 0 Å². The molecule has 2 unspecified atom stereocenters. The van der Waals surface area contributed by atoms with Gasteiger partial charge in [0.15, 0.2) is 0 Å². The minimum Gasteiger partial charge on any atom is -0.352 e. The molecule has 1 aliphatic carbocycles. The van der Waals surface area contributed by atoms with Gasteiger partial charge in [0.25, 0.3) is 5.91 Å². The summed E-state index contributed by atoms with van der Waals surface area (Å²) in [6.07, 6.45) is 4.10. The summed E-state index contributed by atoms with van der Waals surface area (Å²) in [5.74, 6) is -0.277. The summed E-state index contributed by atoms with van der Waals surface area (Å²) in [5.41, 5.74) is 7.65. The summed E-state index contributed by atoms with van der Waals surface area (Å²) < 4.78 is 13.5. The number of nitrogens with two attached hydrogens (primary N) is 1. The van der Waals surface area contributed by atoms with E-state index in [2.05, 4.69) is 36.2 Å². The molecule has 2 aromatic carbocycles. The number of amides is 2. The van der Waals surface area contributed by atoms with Gasteiger partial charge in [-0.1, -0.05) is 44.2 Å². The SMILES string of the molecule is CC(C)CN(Cc1ccccc1)C1CC(C(=O)NC2CCC(N)CC2)N(C(=O)c2ccc(F)cc2)C1. The number of carbonyl (C=O) groups is 2. The van der Waals surface area contributed by atoms with E-state index in [1.807, 2.05) is 18.2 Å². The van der Waals surface area contributed by atoms with E-state index >= 15 is 0 Å². The molecular formula is C29H39FN4O2. The van der Waals surface area contributed by atoms with E-state index in [0.29, 0.717) is 24.4 Å². The van der Waals surface area contributed by atoms with E-state index in [4.69, 9.17) is 5.73 Å². The van der Waals surface area contributed by atoms with Gasteiger partial charge in [-0.15, -0.1) is 0 Å². The van der Waals surface area contributed by atoms with Crippen LogP contribution >= 0.6 is 0 Å². The molecule has 0 aromatic heterocycles. The minimum atomic E-state index is -0.561. The molecule has 2 aromatic rings. The summed E-state index contributed by atoms with van der Waals surface area (Å²) in [6, 6.07) is 15.7. The number of benzene rings is 2. The molecule has 2 aliphatic rings. The molecule has 3 N–H and O–H groups in total. The number of carbonyl (C=O) groups excluding carboxylic acids is 2. The van der Waals surface area contributed by atoms with Crippen LogP contribution in [-0.4, -0.2) is 58.9 Å². The Hall–Kier alpha value is -2.77. The Morgan fingerprint density at radius 2 is 1.72 bits per heavy atom. The first-order valence-electron chi connectivity index (χ1n) is 13.2. The molecule has 1 heterocycles. The van der Waals surface area contributed by atoms with Crippen LogP contribution in [0.1, 0.15) is 61.9 Å². The predicted molar refractivity (Wildman–Crippen MR) is 140 cm³/mol. The van der Waals surface area contributed by atoms with E-state index in [0.717, 1.165) is 38.8 Å². The topological polar surface area (TPSA) is 78.7 Å². The molecule has 194 valence electrons. The Bertz CT molecular complexity index is 1010. The van der Waals surface area contributed by atoms with Crippen LogP contribution < -0.4 is 11.1 Å². The second-order valence-corrected chi connectivity index (χ2v) is 10.8. The van der Waals surface area contributed by atoms with E-state index in [1.54, 1.807) is 4.90 Å². The first-order valence-corrected chi connectivity index (χ1v) is 13.2. The third kappa shape index (κ3) is 6.71. The van der Waals surface area contributed by atoms with Crippen LogP contribution in [0.3, 0.4) is 0 Å². The van der Waals surface area contributed by atoms with Gasteiger partial charge in [0, 0.05) is 43.3 Å². The molecule has 2 atom stereocenters. The van der Waals surface area contributed by atoms with Gasteiger partial charge in [0.1, 0.15) is 11.9 Å². The van der Waals surface area contributed by atoms with Crippen molar-refractivity contribution in [2.45, 2.75) is 76.7 Å². The lowest BCUT2D eigenvalue weighted by Gasteiger charge is -2.30. The van der Waals surface area contributed by atoms with Crippen molar-refractivity contribution in [3.63, 3.8) is 0 Å². The Labute approximate surface area is 214 Å². The van der Waals surface area contributed by atoms with E-state index < -0.39 is 6.04 Å². The van der Waals surface area contributed by atoms with Crippen LogP contribution in [0, 0.1) is 11.7 Å². The number of nitrogens with one attached hydrogen (secondary N) is 1. The van der Waals surface area contributed by atoms with E-state index in [1.165, 1.54) is 29.8 Å². The molecule has 2 amide bonds. The van der Waals surface area contributed by atoms with Gasteiger partial charge in [0.05, 0.1) is 0 Å². The molecule has 36 heavy (non-hydrogen) atoms. The minimum absolute atomic E-state index is 0.0486. The van der Waals surface area contributed by atoms with Crippen LogP contribution in [0.4, 0.5) is 4.39 Å². The predicted octanol–water partition coefficient (Wildman–Crippen LogP) is 3.95. The molecule has 0 bridgehead atoms. The molecule has 1 saturated carbocycles. The van der Waals surface area contributed by atoms with Gasteiger partial charge in [-0.3, -0.25) is 14.5 Å². The lowest BCUT2D eigenvalue weighted by molar-refractivity contribution is -0.125. The highest BCUT2D eigenvalue weighted by Gasteiger charge is 2.42. The number of halogens is 1. The number of likely N-dealkylation sites (tertiary alicyclic amines) is 1. The number of rotatable bonds is 8. The van der Waals surface area contributed by atoms with E-state index in [9.17, 15) is 14.0 Å². The van der Waals surface area contributed by atoms with Crippen molar-refractivity contribution in [3.05, 3.63) is 71.5 Å². The van der Waals surface area contributed by atoms with E-state index in [-0.39, 0.29) is 35.8 Å². The normalized spacial score (nSPS) is 24.3. The maximum absolute atomic E-state index is 13.5. The molecule has 7 heteroatoms. The smallest absolute Gasteiger partial charge is 0.254 e. The summed E-state index contributed by atoms with van der Waals surface area (Å²) in [5, 5.41) is 3.21. The Balaban J connectivity index is 1.55. The highest BCUT2D eigenvalue weighted by molar-refractivity contribution is 5.98. The van der Waals surface area contributed by atoms with Crippen LogP contribution in [0.2, 0.25) is 0 Å². The number of hydrogen-bond donors (Lipinski definition) is 2. The average Bonchev–Trinajstić information content (AvgIpc) is 3.31. The fourth-order valence-corrected chi connectivity index (χ4v) is 5.50. The largest absolute Gasteiger partial charge is 0.352 e. The maximum atomic E-state index is 13.5. The summed E-state index contributed by atoms with van der Waals surface area (Å²) in [6.45, 7) is 6.46. The Morgan fingerprint density at radius 3 is 2.36 bits per heavy atom. The molecule has 4 rings (SSSR count). The van der Waals surface area contributed by atoms with Gasteiger partial charge >= 0.3 is 0 Å². The van der Waals surface area contributed by atoms with Crippen LogP contribution in [0.25, 0.3) is 0 Å². The van der Waals surface area contributed by atoms with Crippen molar-refractivity contribution < 1.29 is 14.0 Å². The summed E-state index contributed by atoms with van der Waals surface area (Å²) >= 11 is 0. The van der Waals surface area contributed by atoms with Crippen molar-refractivity contribution in [1.82, 2.24) is 15.1 Å². The number of hydrogen-bond acceptors (Lipinski definition) is 4. The Morgan fingerprint density at radius 1 is 1.06 bits per heavy atom. The van der Waals surface area contributed by atoms with Crippen LogP contribution in [0.5, 0.6) is 0 Å². The molecule has 6 nitrogen and oxygen atoms in total. The fraction of sp³-hybridized carbons (Fsp3) is 0.517. The van der Waals surface area contributed by atoms with Crippen molar-refractivity contribution in [2.24, 2.45) is 11.7 Å². The monoisotopic (exact) mass is 494 g/mol. The second-order valence-electron chi connectivity index (χ2n) is 10.8. The zero-order valence-electron chi connectivity index (χ0n) is 21.4. The van der Waals surface area contributed by atoms with Crippen molar-refractivity contribution >= 4 is 11.8 Å². The van der Waals surface area contributed by atoms with Gasteiger partial charge < -0.3 is 16.0 Å². The lowest BCUT2D eigenvalue weighted by Crippen LogP contribution is -2.50. The molecule has 0 radical (unpaired) electrons. The summed E-state index contributed by atoms with van der Waals surface area (Å²) in [7, 11) is 0. The first kappa shape index (κ1) is 26.3. The van der Waals surface area contributed by atoms with Crippen LogP contribution in [0.15, 0.2) is 54.6 Å². The zero-order chi connectivity index (χ0) is 25.7. The third-order valence-electron chi connectivity index (χ3n) is 7.40. The zero-order valence-corrected chi connectivity index (χ0v) is 21.4. The Kier molecular flexibility index (Phi) is 8.75. The highest BCUT2D eigenvalue weighted by Crippen LogP contribution is 2.28. The number of nitrogens with zero attached hydrogens (tertiary/aromatic N) is 2. The second kappa shape index (κ2) is 12.0. The van der Waals surface area contributed by atoms with Gasteiger partial charge in [-0.25, -0.2) is 4.39 Å². The first-order chi connectivity index (χ1) is 17.3. The van der Waals surface area contributed by atoms with Gasteiger partial charge in [0.2, 0.25) is 5.91 Å². The molecule has 1 aliphatic heterocycles. The molecule has 1 saturated heterocycles. The molecule has 0 spiro atoms. The van der Waals surface area contributed by atoms with Crippen LogP contribution in [-0.2, 0) is 11.3 Å². The quantitative estimate of drug-likeness (QED) is 0.583. The molecule has 2 fully saturated rings. The highest BCUT2D eigenvalue weighted by atomic mass is 19.1. The summed E-state index contributed by atoms with van der Waals surface area (Å²) in [4.78, 5) is 31.2. The van der Waals surface area contributed by atoms with Gasteiger partial charge in [-0.2, -0.15) is 0 Å². The third-order valence-corrected chi connectivity index (χ3v) is 7.40. The lowest BCUT2D eigenvalue weighted by atomic mass is 9.91.